The van der Waals surface area contributed by atoms with Crippen molar-refractivity contribution >= 4 is 51.6 Å². The van der Waals surface area contributed by atoms with Gasteiger partial charge in [-0.2, -0.15) is 5.10 Å². The molecule has 2 aromatic rings. The molecule has 0 aliphatic heterocycles. The molecule has 0 atom stereocenters. The van der Waals surface area contributed by atoms with Crippen LogP contribution in [0, 0.1) is 3.57 Å². The second-order valence-electron chi connectivity index (χ2n) is 3.70. The Hall–Kier alpha value is -0.920. The first-order chi connectivity index (χ1) is 8.99. The molecule has 1 aromatic heterocycles. The normalized spacial score (nSPS) is 10.5. The van der Waals surface area contributed by atoms with E-state index in [1.165, 1.54) is 6.20 Å². The number of hydrogen-bond donors (Lipinski definition) is 0. The summed E-state index contributed by atoms with van der Waals surface area (Å²) in [5.41, 5.74) is -0.0618. The summed E-state index contributed by atoms with van der Waals surface area (Å²) in [7, 11) is 0. The molecule has 0 amide bonds. The molecule has 0 N–H and O–H groups in total. The molecule has 0 radical (unpaired) electrons. The fourth-order valence-corrected chi connectivity index (χ4v) is 2.05. The summed E-state index contributed by atoms with van der Waals surface area (Å²) in [5.74, 6) is -0.218. The van der Waals surface area contributed by atoms with Gasteiger partial charge in [-0.3, -0.25) is 9.59 Å². The number of nitrogens with zero attached hydrogens (tertiary/aromatic N) is 2. The van der Waals surface area contributed by atoms with Crippen LogP contribution >= 0.6 is 45.8 Å². The van der Waals surface area contributed by atoms with Crippen molar-refractivity contribution < 1.29 is 4.79 Å². The van der Waals surface area contributed by atoms with Gasteiger partial charge in [0.05, 0.1) is 11.2 Å². The fraction of sp³-hybridized carbons (Fsp3) is 0.0833. The molecular formula is C12H7Cl2IN2O2. The average Bonchev–Trinajstić information content (AvgIpc) is 2.40. The van der Waals surface area contributed by atoms with Gasteiger partial charge in [0.25, 0.3) is 5.56 Å². The molecule has 19 heavy (non-hydrogen) atoms. The van der Waals surface area contributed by atoms with Crippen LogP contribution in [0.3, 0.4) is 0 Å². The van der Waals surface area contributed by atoms with Crippen molar-refractivity contribution in [3.63, 3.8) is 0 Å². The first kappa shape index (κ1) is 14.5. The summed E-state index contributed by atoms with van der Waals surface area (Å²) in [5, 5.41) is 3.73. The summed E-state index contributed by atoms with van der Waals surface area (Å²) in [6, 6.07) is 7.04. The minimum Gasteiger partial charge on any atom is -0.292 e. The Morgan fingerprint density at radius 1 is 1.26 bits per heavy atom. The summed E-state index contributed by atoms with van der Waals surface area (Å²) in [4.78, 5) is 23.7. The SMILES string of the molecule is O=C(Cn1ncc(Cl)c(Cl)c1=O)c1ccc(I)cc1. The van der Waals surface area contributed by atoms with Crippen LogP contribution in [0.5, 0.6) is 0 Å². The van der Waals surface area contributed by atoms with Crippen LogP contribution in [0.4, 0.5) is 0 Å². The van der Waals surface area contributed by atoms with E-state index in [0.717, 1.165) is 8.25 Å². The van der Waals surface area contributed by atoms with Gasteiger partial charge in [0.1, 0.15) is 11.6 Å². The summed E-state index contributed by atoms with van der Waals surface area (Å²) in [6.45, 7) is -0.170. The lowest BCUT2D eigenvalue weighted by molar-refractivity contribution is 0.0965. The molecular weight excluding hydrogens is 402 g/mol. The van der Waals surface area contributed by atoms with Gasteiger partial charge < -0.3 is 0 Å². The van der Waals surface area contributed by atoms with Gasteiger partial charge in [-0.1, -0.05) is 35.3 Å². The van der Waals surface area contributed by atoms with Gasteiger partial charge in [0.2, 0.25) is 0 Å². The minimum absolute atomic E-state index is 0.0737. The van der Waals surface area contributed by atoms with E-state index in [1.54, 1.807) is 12.1 Å². The van der Waals surface area contributed by atoms with Crippen molar-refractivity contribution in [1.82, 2.24) is 9.78 Å². The van der Waals surface area contributed by atoms with Crippen LogP contribution in [0.15, 0.2) is 35.3 Å². The maximum atomic E-state index is 12.0. The number of rotatable bonds is 3. The molecule has 0 aliphatic rings. The third-order valence-electron chi connectivity index (χ3n) is 2.40. The number of aromatic nitrogens is 2. The fourth-order valence-electron chi connectivity index (χ4n) is 1.42. The van der Waals surface area contributed by atoms with E-state index in [0.29, 0.717) is 5.56 Å². The lowest BCUT2D eigenvalue weighted by Crippen LogP contribution is -2.27. The highest BCUT2D eigenvalue weighted by Gasteiger charge is 2.12. The number of hydrogen-bond acceptors (Lipinski definition) is 3. The number of halogens is 3. The topological polar surface area (TPSA) is 52.0 Å². The predicted octanol–water partition coefficient (Wildman–Crippen LogP) is 3.04. The molecule has 1 aromatic carbocycles. The van der Waals surface area contributed by atoms with E-state index in [4.69, 9.17) is 23.2 Å². The second-order valence-corrected chi connectivity index (χ2v) is 5.73. The quantitative estimate of drug-likeness (QED) is 0.579. The highest BCUT2D eigenvalue weighted by Crippen LogP contribution is 2.14. The summed E-state index contributed by atoms with van der Waals surface area (Å²) >= 11 is 13.5. The Morgan fingerprint density at radius 3 is 2.53 bits per heavy atom. The zero-order chi connectivity index (χ0) is 14.0. The first-order valence-electron chi connectivity index (χ1n) is 5.19. The van der Waals surface area contributed by atoms with Crippen LogP contribution in [0.1, 0.15) is 10.4 Å². The van der Waals surface area contributed by atoms with E-state index in [9.17, 15) is 9.59 Å². The second kappa shape index (κ2) is 6.02. The molecule has 4 nitrogen and oxygen atoms in total. The number of carbonyl (C=O) groups is 1. The van der Waals surface area contributed by atoms with Crippen LogP contribution in [-0.2, 0) is 6.54 Å². The maximum Gasteiger partial charge on any atom is 0.287 e. The summed E-state index contributed by atoms with van der Waals surface area (Å²) < 4.78 is 2.02. The molecule has 0 unspecified atom stereocenters. The molecule has 1 heterocycles. The highest BCUT2D eigenvalue weighted by molar-refractivity contribution is 14.1. The van der Waals surface area contributed by atoms with Crippen molar-refractivity contribution in [1.29, 1.82) is 0 Å². The van der Waals surface area contributed by atoms with Crippen LogP contribution < -0.4 is 5.56 Å². The van der Waals surface area contributed by atoms with Gasteiger partial charge in [-0.25, -0.2) is 4.68 Å². The minimum atomic E-state index is -0.576. The van der Waals surface area contributed by atoms with Gasteiger partial charge >= 0.3 is 0 Å². The Balaban J connectivity index is 2.27. The van der Waals surface area contributed by atoms with Crippen LogP contribution in [-0.4, -0.2) is 15.6 Å². The van der Waals surface area contributed by atoms with E-state index < -0.39 is 5.56 Å². The molecule has 0 saturated heterocycles. The largest absolute Gasteiger partial charge is 0.292 e. The number of benzene rings is 1. The van der Waals surface area contributed by atoms with Gasteiger partial charge in [-0.15, -0.1) is 0 Å². The lowest BCUT2D eigenvalue weighted by atomic mass is 10.1. The Labute approximate surface area is 132 Å². The molecule has 0 aliphatic carbocycles. The first-order valence-corrected chi connectivity index (χ1v) is 7.02. The predicted molar refractivity (Wildman–Crippen MR) is 82.0 cm³/mol. The average molecular weight is 409 g/mol. The summed E-state index contributed by atoms with van der Waals surface area (Å²) in [6.07, 6.45) is 1.24. The van der Waals surface area contributed by atoms with Crippen molar-refractivity contribution in [2.75, 3.05) is 0 Å². The highest BCUT2D eigenvalue weighted by atomic mass is 127. The van der Waals surface area contributed by atoms with Crippen LogP contribution in [0.2, 0.25) is 10.0 Å². The van der Waals surface area contributed by atoms with Crippen molar-refractivity contribution in [2.24, 2.45) is 0 Å². The molecule has 0 bridgehead atoms. The zero-order valence-electron chi connectivity index (χ0n) is 9.44. The monoisotopic (exact) mass is 408 g/mol. The zero-order valence-corrected chi connectivity index (χ0v) is 13.1. The Kier molecular flexibility index (Phi) is 4.59. The van der Waals surface area contributed by atoms with Crippen molar-refractivity contribution in [2.45, 2.75) is 6.54 Å². The number of ketones is 1. The molecule has 98 valence electrons. The van der Waals surface area contributed by atoms with Crippen LogP contribution in [0.25, 0.3) is 0 Å². The third-order valence-corrected chi connectivity index (χ3v) is 3.87. The standard InChI is InChI=1S/C12H7Cl2IN2O2/c13-9-5-16-17(12(19)11(9)14)6-10(18)7-1-3-8(15)4-2-7/h1-5H,6H2. The maximum absolute atomic E-state index is 12.0. The van der Waals surface area contributed by atoms with Gasteiger partial charge in [-0.05, 0) is 34.7 Å². The molecule has 0 fully saturated rings. The van der Waals surface area contributed by atoms with E-state index >= 15 is 0 Å². The Morgan fingerprint density at radius 2 is 1.89 bits per heavy atom. The lowest BCUT2D eigenvalue weighted by Gasteiger charge is -2.05. The van der Waals surface area contributed by atoms with E-state index in [-0.39, 0.29) is 22.4 Å². The third kappa shape index (κ3) is 3.34. The molecule has 0 saturated carbocycles. The molecule has 2 rings (SSSR count). The van der Waals surface area contributed by atoms with E-state index in [1.807, 2.05) is 12.1 Å². The molecule has 0 spiro atoms. The number of Topliss-reactive ketones (excluding diaryl/α,β-unsaturated/α-hetero) is 1. The molecule has 7 heteroatoms. The van der Waals surface area contributed by atoms with Gasteiger partial charge in [0.15, 0.2) is 5.78 Å². The van der Waals surface area contributed by atoms with E-state index in [2.05, 4.69) is 27.7 Å². The van der Waals surface area contributed by atoms with Gasteiger partial charge in [0, 0.05) is 9.13 Å². The number of carbonyl (C=O) groups excluding carboxylic acids is 1. The van der Waals surface area contributed by atoms with Crippen molar-refractivity contribution in [3.05, 3.63) is 60.0 Å². The Bertz CT molecular complexity index is 683. The smallest absolute Gasteiger partial charge is 0.287 e. The van der Waals surface area contributed by atoms with Crippen molar-refractivity contribution in [3.8, 4) is 0 Å².